The van der Waals surface area contributed by atoms with Crippen LogP contribution in [0.2, 0.25) is 0 Å². The Hall–Kier alpha value is -3.75. The minimum absolute atomic E-state index is 0.0178. The molecule has 0 atom stereocenters. The first-order chi connectivity index (χ1) is 15.7. The Balaban J connectivity index is 1.57. The predicted molar refractivity (Wildman–Crippen MR) is 120 cm³/mol. The second-order valence-corrected chi connectivity index (χ2v) is 7.74. The normalized spacial score (nSPS) is 12.6. The zero-order chi connectivity index (χ0) is 23.8. The SMILES string of the molecule is COC(=O)c1cc(N(C)C(=O)OCC2c3ccccc3-c3ccccc32)cc([B-](F)(F)F)c1. The van der Waals surface area contributed by atoms with Gasteiger partial charge in [-0.3, -0.25) is 4.90 Å². The Labute approximate surface area is 188 Å². The standard InChI is InChI=1S/C24H20BF3NO4/c1-29(17-12-15(23(30)32-2)11-16(13-17)25(26,27)28)24(31)33-14-22-20-9-5-3-7-18(20)19-8-4-6-10-21(19)22/h3-13,22H,14H2,1-2H3/q-1. The number of halogens is 3. The molecule has 0 bridgehead atoms. The molecule has 0 spiro atoms. The summed E-state index contributed by atoms with van der Waals surface area (Å²) in [4.78, 5) is 25.5. The van der Waals surface area contributed by atoms with E-state index in [-0.39, 0.29) is 23.8 Å². The molecule has 0 aliphatic heterocycles. The second kappa shape index (κ2) is 8.65. The van der Waals surface area contributed by atoms with Crippen molar-refractivity contribution in [1.82, 2.24) is 0 Å². The second-order valence-electron chi connectivity index (χ2n) is 7.74. The summed E-state index contributed by atoms with van der Waals surface area (Å²) in [5.74, 6) is -1.12. The number of amides is 1. The van der Waals surface area contributed by atoms with Gasteiger partial charge in [0.1, 0.15) is 6.61 Å². The summed E-state index contributed by atoms with van der Waals surface area (Å²) in [5.41, 5.74) is 2.72. The summed E-state index contributed by atoms with van der Waals surface area (Å²) in [7, 11) is 2.37. The van der Waals surface area contributed by atoms with Crippen molar-refractivity contribution in [3.05, 3.63) is 83.4 Å². The number of rotatable bonds is 5. The zero-order valence-electron chi connectivity index (χ0n) is 17.9. The van der Waals surface area contributed by atoms with Crippen LogP contribution in [0.3, 0.4) is 0 Å². The van der Waals surface area contributed by atoms with Crippen LogP contribution in [0.1, 0.15) is 27.4 Å². The van der Waals surface area contributed by atoms with Gasteiger partial charge < -0.3 is 22.4 Å². The molecule has 0 saturated carbocycles. The molecule has 1 aliphatic carbocycles. The van der Waals surface area contributed by atoms with E-state index in [1.807, 2.05) is 48.5 Å². The quantitative estimate of drug-likeness (QED) is 0.406. The van der Waals surface area contributed by atoms with Gasteiger partial charge in [-0.1, -0.05) is 60.7 Å². The van der Waals surface area contributed by atoms with E-state index < -0.39 is 24.5 Å². The number of carbonyl (C=O) groups is 2. The monoisotopic (exact) mass is 454 g/mol. The third kappa shape index (κ3) is 4.31. The zero-order valence-corrected chi connectivity index (χ0v) is 17.9. The molecule has 0 radical (unpaired) electrons. The van der Waals surface area contributed by atoms with Crippen molar-refractivity contribution in [3.63, 3.8) is 0 Å². The lowest BCUT2D eigenvalue weighted by molar-refractivity contribution is 0.0600. The smallest absolute Gasteiger partial charge is 0.465 e. The predicted octanol–water partition coefficient (Wildman–Crippen LogP) is 4.91. The maximum atomic E-state index is 13.4. The number of esters is 1. The first-order valence-electron chi connectivity index (χ1n) is 10.2. The first-order valence-corrected chi connectivity index (χ1v) is 10.2. The fourth-order valence-electron chi connectivity index (χ4n) is 4.05. The van der Waals surface area contributed by atoms with E-state index in [1.165, 1.54) is 13.1 Å². The van der Waals surface area contributed by atoms with Gasteiger partial charge in [-0.05, 0) is 28.3 Å². The Kier molecular flexibility index (Phi) is 5.89. The Morgan fingerprint density at radius 3 is 2.06 bits per heavy atom. The van der Waals surface area contributed by atoms with Crippen molar-refractivity contribution in [3.8, 4) is 11.1 Å². The highest BCUT2D eigenvalue weighted by Gasteiger charge is 2.31. The third-order valence-electron chi connectivity index (χ3n) is 5.74. The van der Waals surface area contributed by atoms with E-state index in [1.54, 1.807) is 0 Å². The molecule has 9 heteroatoms. The van der Waals surface area contributed by atoms with E-state index in [9.17, 15) is 22.5 Å². The molecule has 5 nitrogen and oxygen atoms in total. The van der Waals surface area contributed by atoms with Crippen LogP contribution in [0.15, 0.2) is 66.7 Å². The molecule has 1 amide bonds. The average molecular weight is 454 g/mol. The van der Waals surface area contributed by atoms with E-state index in [2.05, 4.69) is 4.74 Å². The van der Waals surface area contributed by atoms with Gasteiger partial charge in [0.25, 0.3) is 0 Å². The Morgan fingerprint density at radius 2 is 1.52 bits per heavy atom. The molecule has 0 unspecified atom stereocenters. The molecule has 3 aromatic rings. The Morgan fingerprint density at radius 1 is 0.939 bits per heavy atom. The molecule has 0 N–H and O–H groups in total. The maximum Gasteiger partial charge on any atom is 0.509 e. The molecule has 33 heavy (non-hydrogen) atoms. The fraction of sp³-hybridized carbons (Fsp3) is 0.167. The van der Waals surface area contributed by atoms with Gasteiger partial charge in [0.05, 0.1) is 12.7 Å². The fourth-order valence-corrected chi connectivity index (χ4v) is 4.05. The van der Waals surface area contributed by atoms with E-state index >= 15 is 0 Å². The lowest BCUT2D eigenvalue weighted by atomic mass is 9.79. The minimum atomic E-state index is -5.40. The van der Waals surface area contributed by atoms with Crippen LogP contribution < -0.4 is 10.4 Å². The maximum absolute atomic E-state index is 13.4. The van der Waals surface area contributed by atoms with Gasteiger partial charge in [0, 0.05) is 18.7 Å². The highest BCUT2D eigenvalue weighted by atomic mass is 19.4. The minimum Gasteiger partial charge on any atom is -0.465 e. The molecular formula is C24H20BF3NO4-. The number of anilines is 1. The molecule has 0 saturated heterocycles. The van der Waals surface area contributed by atoms with Crippen molar-refractivity contribution < 1.29 is 32.0 Å². The third-order valence-corrected chi connectivity index (χ3v) is 5.74. The van der Waals surface area contributed by atoms with Crippen molar-refractivity contribution in [2.75, 3.05) is 25.7 Å². The van der Waals surface area contributed by atoms with Crippen LogP contribution in [0, 0.1) is 0 Å². The molecule has 4 rings (SSSR count). The highest BCUT2D eigenvalue weighted by molar-refractivity contribution is 6.73. The first kappa shape index (κ1) is 22.4. The molecule has 1 aliphatic rings. The number of benzene rings is 3. The molecule has 0 heterocycles. The van der Waals surface area contributed by atoms with Gasteiger partial charge in [-0.2, -0.15) is 0 Å². The van der Waals surface area contributed by atoms with E-state index in [0.717, 1.165) is 40.3 Å². The van der Waals surface area contributed by atoms with E-state index in [4.69, 9.17) is 4.74 Å². The van der Waals surface area contributed by atoms with Crippen LogP contribution >= 0.6 is 0 Å². The van der Waals surface area contributed by atoms with Crippen LogP contribution in [-0.4, -0.2) is 39.8 Å². The van der Waals surface area contributed by atoms with Crippen LogP contribution in [0.5, 0.6) is 0 Å². The summed E-state index contributed by atoms with van der Waals surface area (Å²) in [6.45, 7) is -5.38. The molecule has 0 aromatic heterocycles. The number of nitrogens with zero attached hydrogens (tertiary/aromatic N) is 1. The number of hydrogen-bond acceptors (Lipinski definition) is 4. The molecule has 0 fully saturated rings. The molecular weight excluding hydrogens is 434 g/mol. The van der Waals surface area contributed by atoms with Gasteiger partial charge in [0.15, 0.2) is 0 Å². The van der Waals surface area contributed by atoms with Crippen LogP contribution in [0.25, 0.3) is 11.1 Å². The van der Waals surface area contributed by atoms with Crippen molar-refractivity contribution >= 4 is 30.2 Å². The van der Waals surface area contributed by atoms with Crippen LogP contribution in [0.4, 0.5) is 23.4 Å². The van der Waals surface area contributed by atoms with Gasteiger partial charge in [0.2, 0.25) is 0 Å². The van der Waals surface area contributed by atoms with Crippen molar-refractivity contribution in [1.29, 1.82) is 0 Å². The van der Waals surface area contributed by atoms with Crippen molar-refractivity contribution in [2.45, 2.75) is 5.92 Å². The topological polar surface area (TPSA) is 55.8 Å². The van der Waals surface area contributed by atoms with Gasteiger partial charge in [-0.25, -0.2) is 9.59 Å². The lowest BCUT2D eigenvalue weighted by Crippen LogP contribution is -2.36. The summed E-state index contributed by atoms with van der Waals surface area (Å²) in [5, 5.41) is 0. The summed E-state index contributed by atoms with van der Waals surface area (Å²) in [6.07, 6.45) is -0.834. The van der Waals surface area contributed by atoms with Gasteiger partial charge in [-0.15, -0.1) is 5.46 Å². The number of methoxy groups -OCH3 is 1. The number of fused-ring (bicyclic) bond motifs is 3. The van der Waals surface area contributed by atoms with Crippen molar-refractivity contribution in [2.24, 2.45) is 0 Å². The summed E-state index contributed by atoms with van der Waals surface area (Å²) in [6, 6.07) is 18.3. The number of hydrogen-bond donors (Lipinski definition) is 0. The molecule has 170 valence electrons. The average Bonchev–Trinajstić information content (AvgIpc) is 3.14. The van der Waals surface area contributed by atoms with Crippen LogP contribution in [-0.2, 0) is 9.47 Å². The Bertz CT molecular complexity index is 1180. The number of carbonyl (C=O) groups excluding carboxylic acids is 2. The highest BCUT2D eigenvalue weighted by Crippen LogP contribution is 2.44. The summed E-state index contributed by atoms with van der Waals surface area (Å²) >= 11 is 0. The largest absolute Gasteiger partial charge is 0.509 e. The molecule has 3 aromatic carbocycles. The number of ether oxygens (including phenoxy) is 2. The lowest BCUT2D eigenvalue weighted by Gasteiger charge is -2.23. The summed E-state index contributed by atoms with van der Waals surface area (Å²) < 4.78 is 50.2. The van der Waals surface area contributed by atoms with E-state index in [0.29, 0.717) is 6.07 Å². The van der Waals surface area contributed by atoms with Gasteiger partial charge >= 0.3 is 19.0 Å².